The van der Waals surface area contributed by atoms with Gasteiger partial charge in [-0.15, -0.1) is 0 Å². The van der Waals surface area contributed by atoms with Crippen LogP contribution in [0.2, 0.25) is 0 Å². The molecule has 2 heteroatoms. The number of hydrogen-bond acceptors (Lipinski definition) is 2. The van der Waals surface area contributed by atoms with Crippen molar-refractivity contribution in [1.82, 2.24) is 5.32 Å². The van der Waals surface area contributed by atoms with Crippen LogP contribution in [0.3, 0.4) is 0 Å². The summed E-state index contributed by atoms with van der Waals surface area (Å²) in [6.07, 6.45) is 6.77. The first kappa shape index (κ1) is 17.0. The minimum atomic E-state index is 1.000. The molecule has 0 fully saturated rings. The largest absolute Gasteiger partial charge is 0.383 e. The van der Waals surface area contributed by atoms with E-state index in [0.717, 1.165) is 19.6 Å². The highest BCUT2D eigenvalue weighted by Crippen LogP contribution is 2.21. The number of anilines is 1. The number of unbranched alkanes of at least 4 members (excludes halogenated alkanes) is 4. The molecule has 1 aromatic rings. The second-order valence-electron chi connectivity index (χ2n) is 5.86. The molecule has 0 amide bonds. The van der Waals surface area contributed by atoms with Crippen LogP contribution in [0.1, 0.15) is 55.7 Å². The average molecular weight is 276 g/mol. The molecule has 0 unspecified atom stereocenters. The Morgan fingerprint density at radius 3 is 2.10 bits per heavy atom. The van der Waals surface area contributed by atoms with Crippen LogP contribution in [0.4, 0.5) is 5.69 Å². The fraction of sp³-hybridized carbons (Fsp3) is 0.667. The summed E-state index contributed by atoms with van der Waals surface area (Å²) in [7, 11) is 0. The Bertz CT molecular complexity index is 362. The summed E-state index contributed by atoms with van der Waals surface area (Å²) >= 11 is 0. The van der Waals surface area contributed by atoms with Gasteiger partial charge in [0.15, 0.2) is 0 Å². The predicted molar refractivity (Wildman–Crippen MR) is 90.8 cm³/mol. The monoisotopic (exact) mass is 276 g/mol. The van der Waals surface area contributed by atoms with Gasteiger partial charge >= 0.3 is 0 Å². The predicted octanol–water partition coefficient (Wildman–Crippen LogP) is 4.58. The maximum Gasteiger partial charge on any atom is 0.0400 e. The Morgan fingerprint density at radius 1 is 0.800 bits per heavy atom. The summed E-state index contributed by atoms with van der Waals surface area (Å²) in [6, 6.07) is 4.49. The molecule has 1 aromatic carbocycles. The summed E-state index contributed by atoms with van der Waals surface area (Å²) in [5.41, 5.74) is 5.35. The average Bonchev–Trinajstić information content (AvgIpc) is 2.39. The van der Waals surface area contributed by atoms with E-state index in [4.69, 9.17) is 0 Å². The lowest BCUT2D eigenvalue weighted by Crippen LogP contribution is -2.23. The van der Waals surface area contributed by atoms with Crippen LogP contribution in [-0.2, 0) is 0 Å². The van der Waals surface area contributed by atoms with E-state index in [2.05, 4.69) is 50.5 Å². The van der Waals surface area contributed by atoms with E-state index in [-0.39, 0.29) is 0 Å². The molecule has 2 N–H and O–H groups in total. The van der Waals surface area contributed by atoms with Crippen LogP contribution in [0.15, 0.2) is 12.1 Å². The molecular formula is C18H32N2. The molecule has 0 aliphatic heterocycles. The molecule has 0 aliphatic rings. The highest BCUT2D eigenvalue weighted by molar-refractivity contribution is 5.58. The van der Waals surface area contributed by atoms with Crippen molar-refractivity contribution in [2.75, 3.05) is 25.0 Å². The van der Waals surface area contributed by atoms with Crippen LogP contribution in [0.25, 0.3) is 0 Å². The third kappa shape index (κ3) is 6.42. The maximum atomic E-state index is 3.56. The first-order chi connectivity index (χ1) is 9.65. The van der Waals surface area contributed by atoms with Crippen LogP contribution < -0.4 is 10.6 Å². The second-order valence-corrected chi connectivity index (χ2v) is 5.86. The fourth-order valence-electron chi connectivity index (χ4n) is 2.71. The van der Waals surface area contributed by atoms with Gasteiger partial charge < -0.3 is 10.6 Å². The van der Waals surface area contributed by atoms with E-state index in [0.29, 0.717) is 0 Å². The van der Waals surface area contributed by atoms with E-state index in [1.165, 1.54) is 54.5 Å². The normalized spacial score (nSPS) is 10.8. The molecule has 0 saturated carbocycles. The van der Waals surface area contributed by atoms with Crippen molar-refractivity contribution >= 4 is 5.69 Å². The van der Waals surface area contributed by atoms with Crippen molar-refractivity contribution in [1.29, 1.82) is 0 Å². The zero-order valence-corrected chi connectivity index (χ0v) is 13.8. The highest BCUT2D eigenvalue weighted by atomic mass is 14.9. The standard InChI is InChI=1S/C18H32N2/c1-5-6-7-8-9-10-19-11-12-20-18-16(3)13-15(2)14-17(18)4/h13-14,19-20H,5-12H2,1-4H3. The Hall–Kier alpha value is -1.02. The molecule has 1 rings (SSSR count). The Morgan fingerprint density at radius 2 is 1.45 bits per heavy atom. The summed E-state index contributed by atoms with van der Waals surface area (Å²) in [6.45, 7) is 12.0. The Labute approximate surface area is 125 Å². The van der Waals surface area contributed by atoms with E-state index < -0.39 is 0 Å². The lowest BCUT2D eigenvalue weighted by molar-refractivity contribution is 0.589. The molecule has 20 heavy (non-hydrogen) atoms. The molecule has 2 nitrogen and oxygen atoms in total. The summed E-state index contributed by atoms with van der Waals surface area (Å²) in [5, 5.41) is 7.08. The minimum absolute atomic E-state index is 1.000. The third-order valence-electron chi connectivity index (χ3n) is 3.74. The molecule has 0 aromatic heterocycles. The molecule has 0 heterocycles. The van der Waals surface area contributed by atoms with Crippen molar-refractivity contribution in [3.05, 3.63) is 28.8 Å². The molecule has 114 valence electrons. The Balaban J connectivity index is 2.13. The summed E-state index contributed by atoms with van der Waals surface area (Å²) in [4.78, 5) is 0. The molecule has 0 radical (unpaired) electrons. The van der Waals surface area contributed by atoms with E-state index >= 15 is 0 Å². The molecule has 0 bridgehead atoms. The zero-order valence-electron chi connectivity index (χ0n) is 13.8. The number of aryl methyl sites for hydroxylation is 3. The van der Waals surface area contributed by atoms with E-state index in [1.54, 1.807) is 0 Å². The quantitative estimate of drug-likeness (QED) is 0.611. The van der Waals surface area contributed by atoms with Crippen molar-refractivity contribution in [2.24, 2.45) is 0 Å². The van der Waals surface area contributed by atoms with Crippen molar-refractivity contribution < 1.29 is 0 Å². The van der Waals surface area contributed by atoms with E-state index in [9.17, 15) is 0 Å². The molecule has 0 saturated heterocycles. The molecule has 0 aliphatic carbocycles. The fourth-order valence-corrected chi connectivity index (χ4v) is 2.71. The number of nitrogens with one attached hydrogen (secondary N) is 2. The molecule has 0 atom stereocenters. The Kier molecular flexibility index (Phi) is 8.36. The first-order valence-corrected chi connectivity index (χ1v) is 8.17. The SMILES string of the molecule is CCCCCCCNCCNc1c(C)cc(C)cc1C. The maximum absolute atomic E-state index is 3.56. The van der Waals surface area contributed by atoms with Gasteiger partial charge in [-0.05, 0) is 44.9 Å². The summed E-state index contributed by atoms with van der Waals surface area (Å²) < 4.78 is 0. The van der Waals surface area contributed by atoms with Crippen molar-refractivity contribution in [3.8, 4) is 0 Å². The first-order valence-electron chi connectivity index (χ1n) is 8.17. The van der Waals surface area contributed by atoms with Crippen LogP contribution >= 0.6 is 0 Å². The van der Waals surface area contributed by atoms with Gasteiger partial charge in [0.25, 0.3) is 0 Å². The van der Waals surface area contributed by atoms with Gasteiger partial charge in [0.2, 0.25) is 0 Å². The lowest BCUT2D eigenvalue weighted by Gasteiger charge is -2.14. The van der Waals surface area contributed by atoms with Gasteiger partial charge in [-0.25, -0.2) is 0 Å². The van der Waals surface area contributed by atoms with Gasteiger partial charge in [-0.1, -0.05) is 50.3 Å². The lowest BCUT2D eigenvalue weighted by atomic mass is 10.1. The number of hydrogen-bond donors (Lipinski definition) is 2. The second kappa shape index (κ2) is 9.82. The highest BCUT2D eigenvalue weighted by Gasteiger charge is 2.02. The zero-order chi connectivity index (χ0) is 14.8. The van der Waals surface area contributed by atoms with Crippen LogP contribution in [0.5, 0.6) is 0 Å². The van der Waals surface area contributed by atoms with Gasteiger partial charge in [0, 0.05) is 18.8 Å². The van der Waals surface area contributed by atoms with Crippen molar-refractivity contribution in [3.63, 3.8) is 0 Å². The van der Waals surface area contributed by atoms with Gasteiger partial charge in [-0.2, -0.15) is 0 Å². The topological polar surface area (TPSA) is 24.1 Å². The van der Waals surface area contributed by atoms with Crippen LogP contribution in [-0.4, -0.2) is 19.6 Å². The van der Waals surface area contributed by atoms with Gasteiger partial charge in [0.05, 0.1) is 0 Å². The smallest absolute Gasteiger partial charge is 0.0400 e. The number of benzene rings is 1. The minimum Gasteiger partial charge on any atom is -0.383 e. The molecule has 0 spiro atoms. The van der Waals surface area contributed by atoms with Gasteiger partial charge in [0.1, 0.15) is 0 Å². The third-order valence-corrected chi connectivity index (χ3v) is 3.74. The van der Waals surface area contributed by atoms with Crippen LogP contribution in [0, 0.1) is 20.8 Å². The summed E-state index contributed by atoms with van der Waals surface area (Å²) in [5.74, 6) is 0. The van der Waals surface area contributed by atoms with Gasteiger partial charge in [-0.3, -0.25) is 0 Å². The van der Waals surface area contributed by atoms with E-state index in [1.807, 2.05) is 0 Å². The van der Waals surface area contributed by atoms with Crippen molar-refractivity contribution in [2.45, 2.75) is 59.8 Å². The molecular weight excluding hydrogens is 244 g/mol. The number of rotatable bonds is 10.